The van der Waals surface area contributed by atoms with Crippen LogP contribution < -0.4 is 53.2 Å². The van der Waals surface area contributed by atoms with Gasteiger partial charge in [-0.05, 0) is 97.8 Å². The molecule has 0 bridgehead atoms. The minimum Gasteiger partial charge on any atom is -0.394 e. The van der Waals surface area contributed by atoms with E-state index in [1.807, 2.05) is 20.8 Å². The second-order valence-electron chi connectivity index (χ2n) is 33.0. The molecule has 0 aromatic carbocycles. The number of nitrogens with one attached hydrogen (secondary N) is 10. The molecule has 4 fully saturated rings. The molecular weight excluding hydrogens is 1630 g/mol. The van der Waals surface area contributed by atoms with Gasteiger partial charge in [0.05, 0.1) is 83.8 Å². The number of aliphatic hydroxyl groups excluding tert-OH is 10. The summed E-state index contributed by atoms with van der Waals surface area (Å²) in [5.74, 6) is -3.74. The van der Waals surface area contributed by atoms with Crippen LogP contribution in [0.3, 0.4) is 0 Å². The summed E-state index contributed by atoms with van der Waals surface area (Å²) in [5, 5.41) is 129. The van der Waals surface area contributed by atoms with Crippen molar-refractivity contribution in [2.24, 2.45) is 0 Å². The van der Waals surface area contributed by atoms with Crippen LogP contribution in [0.25, 0.3) is 0 Å². The second kappa shape index (κ2) is 61.8. The summed E-state index contributed by atoms with van der Waals surface area (Å²) < 4.78 is 58.2. The number of unbranched alkanes of at least 4 members (excludes halogenated alkanes) is 10. The lowest BCUT2D eigenvalue weighted by atomic mass is 9.97. The number of carbonyl (C=O) groups is 11. The van der Waals surface area contributed by atoms with Crippen LogP contribution in [0, 0.1) is 0 Å². The quantitative estimate of drug-likeness (QED) is 0.0258. The van der Waals surface area contributed by atoms with E-state index in [1.165, 1.54) is 20.8 Å². The smallest absolute Gasteiger partial charge is 0.222 e. The fourth-order valence-corrected chi connectivity index (χ4v) is 14.1. The summed E-state index contributed by atoms with van der Waals surface area (Å²) in [7, 11) is 0. The van der Waals surface area contributed by atoms with Gasteiger partial charge >= 0.3 is 0 Å². The van der Waals surface area contributed by atoms with Crippen molar-refractivity contribution in [2.45, 2.75) is 324 Å². The average molecular weight is 1780 g/mol. The highest BCUT2D eigenvalue weighted by molar-refractivity contribution is 5.79. The highest BCUT2D eigenvalue weighted by Crippen LogP contribution is 2.28. The fraction of sp³-hybridized carbons (Fsp3) is 0.866. The van der Waals surface area contributed by atoms with Crippen molar-refractivity contribution in [1.82, 2.24) is 58.1 Å². The third kappa shape index (κ3) is 44.9. The maximum absolute atomic E-state index is 14.1. The zero-order chi connectivity index (χ0) is 91.4. The van der Waals surface area contributed by atoms with Gasteiger partial charge in [-0.3, -0.25) is 52.7 Å². The lowest BCUT2D eigenvalue weighted by molar-refractivity contribution is -0.270. The van der Waals surface area contributed by atoms with Crippen molar-refractivity contribution in [2.75, 3.05) is 132 Å². The van der Waals surface area contributed by atoms with Crippen molar-refractivity contribution in [3.63, 3.8) is 0 Å². The number of aliphatic hydroxyl groups is 10. The van der Waals surface area contributed by atoms with Gasteiger partial charge in [0, 0.05) is 138 Å². The molecule has 0 radical (unpaired) electrons. The van der Waals surface area contributed by atoms with E-state index in [9.17, 15) is 104 Å². The first-order valence-electron chi connectivity index (χ1n) is 44.0. The van der Waals surface area contributed by atoms with Gasteiger partial charge in [0.25, 0.3) is 0 Å². The molecule has 0 saturated carbocycles. The van der Waals surface area contributed by atoms with Crippen LogP contribution in [0.5, 0.6) is 0 Å². The average Bonchev–Trinajstić information content (AvgIpc) is 1.01. The van der Waals surface area contributed by atoms with E-state index in [-0.39, 0.29) is 203 Å². The Bertz CT molecular complexity index is 2870. The Morgan fingerprint density at radius 3 is 0.960 bits per heavy atom. The highest BCUT2D eigenvalue weighted by atomic mass is 16.7. The summed E-state index contributed by atoms with van der Waals surface area (Å²) in [6, 6.07) is -3.46. The lowest BCUT2D eigenvalue weighted by Crippen LogP contribution is -2.64. The second-order valence-corrected chi connectivity index (χ2v) is 33.0. The molecule has 0 aliphatic carbocycles. The Hall–Kier alpha value is -6.63. The standard InChI is InChI=1S/C82H147N11O31/c1-53(97)89-69-75(112)72(109)58(46-94)122-78(69)118-38-18-15-24-61(101)83-32-21-35-86-64(104)29-41-115-50-82(92-67(107)27-13-11-9-7-8-10-12-14-28-68(108)93-45-57(100)44-56(93)49-121-81(4,5)6,51-116-42-30-65(105)87-36-22-33-84-62(102)25-16-19-39-119-79-70(90-54(2)98)76(113)73(110)59(47-95)123-79)52-117-43-31-66(106)88-37-23-34-85-63(103)26-17-20-40-120-80-71(91-55(3)99)77(114)74(111)60(48-96)124-80/h56-60,69-80,94-96,100,109-114H,7-52H2,1-6H3,(H,83,101)(H,84,102)(H,85,103)(H,86,104)(H,87,105)(H,88,106)(H,89,97)(H,90,98)(H,91,99)(H,92,107)/t56-,57+,58?,59?,60?,69-,70-,71?,72-,73-,74-,75?,76?,77+,78+,79+,80?,82?/m0/s1. The van der Waals surface area contributed by atoms with Crippen LogP contribution in [0.1, 0.15) is 208 Å². The first kappa shape index (κ1) is 110. The van der Waals surface area contributed by atoms with Crippen molar-refractivity contribution in [3.8, 4) is 0 Å². The molecule has 20 N–H and O–H groups in total. The van der Waals surface area contributed by atoms with Crippen LogP contribution in [0.2, 0.25) is 0 Å². The Kier molecular flexibility index (Phi) is 54.6. The Labute approximate surface area is 726 Å². The molecule has 4 heterocycles. The van der Waals surface area contributed by atoms with Gasteiger partial charge in [0.15, 0.2) is 18.9 Å². The summed E-state index contributed by atoms with van der Waals surface area (Å²) >= 11 is 0. The highest BCUT2D eigenvalue weighted by Gasteiger charge is 2.48. The van der Waals surface area contributed by atoms with E-state index in [0.29, 0.717) is 90.2 Å². The number of rotatable bonds is 65. The Morgan fingerprint density at radius 1 is 0.363 bits per heavy atom. The van der Waals surface area contributed by atoms with Crippen LogP contribution in [-0.2, 0) is 100 Å². The molecule has 716 valence electrons. The van der Waals surface area contributed by atoms with E-state index >= 15 is 0 Å². The molecule has 0 aromatic rings. The van der Waals surface area contributed by atoms with Gasteiger partial charge in [-0.1, -0.05) is 38.5 Å². The number of ether oxygens (including phenoxy) is 10. The van der Waals surface area contributed by atoms with Gasteiger partial charge < -0.3 is 157 Å². The van der Waals surface area contributed by atoms with E-state index in [1.54, 1.807) is 4.90 Å². The molecule has 0 aromatic heterocycles. The van der Waals surface area contributed by atoms with Crippen molar-refractivity contribution >= 4 is 65.0 Å². The monoisotopic (exact) mass is 1780 g/mol. The third-order valence-corrected chi connectivity index (χ3v) is 20.9. The summed E-state index contributed by atoms with van der Waals surface area (Å²) in [6.45, 7) is 8.80. The zero-order valence-electron chi connectivity index (χ0n) is 73.3. The maximum Gasteiger partial charge on any atom is 0.222 e. The van der Waals surface area contributed by atoms with Gasteiger partial charge in [0.2, 0.25) is 65.0 Å². The zero-order valence-corrected chi connectivity index (χ0v) is 73.3. The number of hydrogen-bond acceptors (Lipinski definition) is 31. The number of hydrogen-bond donors (Lipinski definition) is 20. The fourth-order valence-electron chi connectivity index (χ4n) is 14.1. The molecule has 17 atom stereocenters. The van der Waals surface area contributed by atoms with Crippen molar-refractivity contribution in [1.29, 1.82) is 0 Å². The van der Waals surface area contributed by atoms with Crippen LogP contribution in [-0.4, -0.2) is 368 Å². The molecule has 124 heavy (non-hydrogen) atoms. The summed E-state index contributed by atoms with van der Waals surface area (Å²) in [6.07, 6.45) is -5.30. The minimum absolute atomic E-state index is 0.0109. The van der Waals surface area contributed by atoms with Crippen LogP contribution in [0.4, 0.5) is 0 Å². The van der Waals surface area contributed by atoms with Crippen molar-refractivity contribution < 1.29 is 151 Å². The molecule has 4 aliphatic heterocycles. The van der Waals surface area contributed by atoms with E-state index in [4.69, 9.17) is 47.4 Å². The van der Waals surface area contributed by atoms with E-state index < -0.39 is 141 Å². The number of carbonyl (C=O) groups excluding carboxylic acids is 11. The Balaban J connectivity index is 1.31. The van der Waals surface area contributed by atoms with Gasteiger partial charge in [-0.25, -0.2) is 0 Å². The molecular formula is C82H147N11O31. The number of nitrogens with zero attached hydrogens (tertiary/aromatic N) is 1. The van der Waals surface area contributed by atoms with Gasteiger partial charge in [-0.2, -0.15) is 0 Å². The van der Waals surface area contributed by atoms with E-state index in [2.05, 4.69) is 53.2 Å². The third-order valence-electron chi connectivity index (χ3n) is 20.9. The summed E-state index contributed by atoms with van der Waals surface area (Å²) in [5.41, 5.74) is -1.80. The minimum atomic E-state index is -1.47. The largest absolute Gasteiger partial charge is 0.394 e. The topological polar surface area (TPSA) is 606 Å². The first-order valence-corrected chi connectivity index (χ1v) is 44.0. The molecule has 42 nitrogen and oxygen atoms in total. The number of likely N-dealkylation sites (tertiary alicyclic amines) is 1. The molecule has 4 saturated heterocycles. The molecule has 4 aliphatic rings. The van der Waals surface area contributed by atoms with Gasteiger partial charge in [-0.15, -0.1) is 0 Å². The van der Waals surface area contributed by atoms with Gasteiger partial charge in [0.1, 0.15) is 78.6 Å². The van der Waals surface area contributed by atoms with Crippen LogP contribution in [0.15, 0.2) is 0 Å². The predicted octanol–water partition coefficient (Wildman–Crippen LogP) is -4.00. The normalized spacial score (nSPS) is 25.0. The maximum atomic E-state index is 14.1. The van der Waals surface area contributed by atoms with Crippen LogP contribution >= 0.6 is 0 Å². The molecule has 42 heteroatoms. The molecule has 7 unspecified atom stereocenters. The number of amides is 11. The summed E-state index contributed by atoms with van der Waals surface area (Å²) in [4.78, 5) is 142. The SMILES string of the molecule is CC(=O)NC1C(OCCCCC(=O)NCCCNC(=O)CCOCC(COCCC(=O)NCCCNC(=O)CCCCO[C@@H]2OC(CO)[C@H](O)C(O)[C@@H]2NC(C)=O)(COCCC(=O)NCCCNC(=O)CCCCO[C@@H]2OC(CO)[C@H](O)C(O)[C@@H]2NC(C)=O)NC(=O)CCCCCCCCCCC(=O)N2C[C@H](O)C[C@H]2COC(C)(C)C)OC(CO)[C@H](O)[C@@H]1O. The molecule has 0 spiro atoms. The van der Waals surface area contributed by atoms with E-state index in [0.717, 1.165) is 44.9 Å². The van der Waals surface area contributed by atoms with Crippen molar-refractivity contribution in [3.05, 3.63) is 0 Å². The lowest BCUT2D eigenvalue weighted by Gasteiger charge is -2.42. The number of β-amino-alcohol motifs (C(OH)–C–C–N with tert-alkyl or cyclic N) is 1. The molecule has 11 amide bonds. The Morgan fingerprint density at radius 2 is 0.653 bits per heavy atom. The molecule has 4 rings (SSSR count). The first-order chi connectivity index (χ1) is 59.2. The predicted molar refractivity (Wildman–Crippen MR) is 443 cm³/mol.